The van der Waals surface area contributed by atoms with Gasteiger partial charge in [-0.1, -0.05) is 0 Å². The Balaban J connectivity index is 1.58. The first-order valence-electron chi connectivity index (χ1n) is 8.01. The molecule has 3 rings (SSSR count). The van der Waals surface area contributed by atoms with E-state index in [1.807, 2.05) is 0 Å². The molecule has 0 saturated carbocycles. The lowest BCUT2D eigenvalue weighted by Gasteiger charge is -2.36. The molecule has 2 aliphatic rings. The molecule has 11 heteroatoms. The summed E-state index contributed by atoms with van der Waals surface area (Å²) < 4.78 is 37.8. The highest BCUT2D eigenvalue weighted by Crippen LogP contribution is 2.32. The maximum atomic E-state index is 12.6. The number of rotatable bonds is 3. The quantitative estimate of drug-likeness (QED) is 0.847. The zero-order chi connectivity index (χ0) is 19.1. The van der Waals surface area contributed by atoms with Crippen LogP contribution in [0.15, 0.2) is 5.38 Å². The van der Waals surface area contributed by atoms with Gasteiger partial charge in [0.2, 0.25) is 5.91 Å². The average Bonchev–Trinajstić information content (AvgIpc) is 3.21. The molecule has 0 radical (unpaired) electrons. The number of hydrogen-bond acceptors (Lipinski definition) is 5. The Hall–Kier alpha value is -2.17. The number of piperidine rings is 1. The van der Waals surface area contributed by atoms with Crippen LogP contribution < -0.4 is 0 Å². The molecule has 1 aromatic rings. The lowest BCUT2D eigenvalue weighted by Crippen LogP contribution is -2.47. The van der Waals surface area contributed by atoms with E-state index in [4.69, 9.17) is 5.11 Å². The first-order chi connectivity index (χ1) is 12.2. The first-order valence-corrected chi connectivity index (χ1v) is 8.89. The van der Waals surface area contributed by atoms with Crippen LogP contribution >= 0.6 is 11.3 Å². The zero-order valence-corrected chi connectivity index (χ0v) is 14.3. The largest absolute Gasteiger partial charge is 0.481 e. The van der Waals surface area contributed by atoms with Gasteiger partial charge in [0.15, 0.2) is 5.01 Å². The number of amides is 2. The van der Waals surface area contributed by atoms with Crippen molar-refractivity contribution in [1.29, 1.82) is 0 Å². The molecule has 2 fully saturated rings. The molecule has 0 aliphatic carbocycles. The molecule has 3 heterocycles. The Morgan fingerprint density at radius 1 is 1.27 bits per heavy atom. The van der Waals surface area contributed by atoms with E-state index in [1.54, 1.807) is 4.90 Å². The summed E-state index contributed by atoms with van der Waals surface area (Å²) in [5.74, 6) is -2.49. The number of carbonyl (C=O) groups is 3. The Morgan fingerprint density at radius 2 is 1.92 bits per heavy atom. The number of alkyl halides is 3. The van der Waals surface area contributed by atoms with Gasteiger partial charge in [-0.25, -0.2) is 4.98 Å². The van der Waals surface area contributed by atoms with Gasteiger partial charge < -0.3 is 14.9 Å². The van der Waals surface area contributed by atoms with Crippen LogP contribution in [0.5, 0.6) is 0 Å². The van der Waals surface area contributed by atoms with E-state index >= 15 is 0 Å². The number of aromatic nitrogens is 1. The predicted octanol–water partition coefficient (Wildman–Crippen LogP) is 1.70. The number of halogens is 3. The summed E-state index contributed by atoms with van der Waals surface area (Å²) in [6.45, 7) is 0.724. The van der Waals surface area contributed by atoms with Gasteiger partial charge in [-0.2, -0.15) is 13.2 Å². The minimum atomic E-state index is -4.58. The van der Waals surface area contributed by atoms with Crippen molar-refractivity contribution < 1.29 is 32.7 Å². The maximum Gasteiger partial charge on any atom is 0.443 e. The second-order valence-corrected chi connectivity index (χ2v) is 7.20. The highest BCUT2D eigenvalue weighted by molar-refractivity contribution is 7.09. The first kappa shape index (κ1) is 18.6. The molecule has 1 atom stereocenters. The molecule has 0 spiro atoms. The summed E-state index contributed by atoms with van der Waals surface area (Å²) in [4.78, 5) is 41.7. The summed E-state index contributed by atoms with van der Waals surface area (Å²) >= 11 is 0.381. The highest BCUT2D eigenvalue weighted by atomic mass is 32.1. The molecule has 0 aromatic carbocycles. The van der Waals surface area contributed by atoms with Crippen LogP contribution in [0.25, 0.3) is 0 Å². The smallest absolute Gasteiger partial charge is 0.443 e. The van der Waals surface area contributed by atoms with Crippen molar-refractivity contribution in [1.82, 2.24) is 14.8 Å². The summed E-state index contributed by atoms with van der Waals surface area (Å²) in [6, 6.07) is -0.155. The van der Waals surface area contributed by atoms with Crippen LogP contribution in [0.2, 0.25) is 0 Å². The Morgan fingerprint density at radius 3 is 2.42 bits per heavy atom. The molecule has 1 aromatic heterocycles. The number of thiazole rings is 1. The molecular formula is C15H16F3N3O4S. The van der Waals surface area contributed by atoms with Gasteiger partial charge in [-0.3, -0.25) is 14.4 Å². The lowest BCUT2D eigenvalue weighted by atomic mass is 10.0. The SMILES string of the molecule is O=C(O)C1CC(=O)N(C2CCN(C(=O)c3csc(C(F)(F)F)n3)CC2)C1. The molecule has 26 heavy (non-hydrogen) atoms. The van der Waals surface area contributed by atoms with E-state index in [0.717, 1.165) is 5.38 Å². The van der Waals surface area contributed by atoms with Gasteiger partial charge in [0, 0.05) is 37.5 Å². The fourth-order valence-electron chi connectivity index (χ4n) is 3.29. The molecule has 0 bridgehead atoms. The summed E-state index contributed by atoms with van der Waals surface area (Å²) in [5.41, 5.74) is -0.232. The van der Waals surface area contributed by atoms with Gasteiger partial charge in [-0.15, -0.1) is 11.3 Å². The molecular weight excluding hydrogens is 375 g/mol. The number of likely N-dealkylation sites (tertiary alicyclic amines) is 2. The third-order valence-electron chi connectivity index (χ3n) is 4.67. The van der Waals surface area contributed by atoms with E-state index in [1.165, 1.54) is 4.90 Å². The Labute approximate surface area is 150 Å². The molecule has 7 nitrogen and oxygen atoms in total. The van der Waals surface area contributed by atoms with Crippen molar-refractivity contribution in [2.24, 2.45) is 5.92 Å². The van der Waals surface area contributed by atoms with Crippen LogP contribution in [-0.4, -0.2) is 63.4 Å². The van der Waals surface area contributed by atoms with Gasteiger partial charge in [0.05, 0.1) is 5.92 Å². The van der Waals surface area contributed by atoms with Crippen molar-refractivity contribution in [2.75, 3.05) is 19.6 Å². The van der Waals surface area contributed by atoms with Crippen molar-refractivity contribution >= 4 is 29.1 Å². The number of aliphatic carboxylic acids is 1. The normalized spacial score (nSPS) is 22.1. The molecule has 2 saturated heterocycles. The van der Waals surface area contributed by atoms with Crippen molar-refractivity contribution in [3.05, 3.63) is 16.1 Å². The number of hydrogen-bond donors (Lipinski definition) is 1. The van der Waals surface area contributed by atoms with Gasteiger partial charge in [0.25, 0.3) is 5.91 Å². The predicted molar refractivity (Wildman–Crippen MR) is 83.5 cm³/mol. The Kier molecular flexibility index (Phi) is 4.91. The highest BCUT2D eigenvalue weighted by Gasteiger charge is 2.40. The van der Waals surface area contributed by atoms with Gasteiger partial charge in [0.1, 0.15) is 5.69 Å². The Bertz CT molecular complexity index is 728. The second kappa shape index (κ2) is 6.86. The van der Waals surface area contributed by atoms with E-state index in [0.29, 0.717) is 24.2 Å². The topological polar surface area (TPSA) is 90.8 Å². The third kappa shape index (κ3) is 3.67. The van der Waals surface area contributed by atoms with Crippen molar-refractivity contribution in [2.45, 2.75) is 31.5 Å². The van der Waals surface area contributed by atoms with Gasteiger partial charge in [-0.05, 0) is 12.8 Å². The standard InChI is InChI=1S/C15H16F3N3O4S/c16-15(17,18)14-19-10(7-26-14)12(23)20-3-1-9(2-4-20)21-6-8(13(24)25)5-11(21)22/h7-9H,1-6H2,(H,24,25). The molecule has 142 valence electrons. The number of carbonyl (C=O) groups excluding carboxylic acids is 2. The zero-order valence-electron chi connectivity index (χ0n) is 13.5. The van der Waals surface area contributed by atoms with Crippen LogP contribution in [0.3, 0.4) is 0 Å². The minimum Gasteiger partial charge on any atom is -0.481 e. The summed E-state index contributed by atoms with van der Waals surface area (Å²) in [6.07, 6.45) is -3.68. The van der Waals surface area contributed by atoms with Crippen LogP contribution in [0.1, 0.15) is 34.8 Å². The molecule has 1 N–H and O–H groups in total. The fraction of sp³-hybridized carbons (Fsp3) is 0.600. The average molecular weight is 391 g/mol. The van der Waals surface area contributed by atoms with Crippen molar-refractivity contribution in [3.63, 3.8) is 0 Å². The molecule has 2 aliphatic heterocycles. The van der Waals surface area contributed by atoms with Crippen LogP contribution in [-0.2, 0) is 15.8 Å². The number of carboxylic acids is 1. The van der Waals surface area contributed by atoms with E-state index in [2.05, 4.69) is 4.98 Å². The van der Waals surface area contributed by atoms with E-state index in [9.17, 15) is 27.6 Å². The van der Waals surface area contributed by atoms with E-state index in [-0.39, 0.29) is 43.7 Å². The van der Waals surface area contributed by atoms with Crippen LogP contribution in [0.4, 0.5) is 13.2 Å². The van der Waals surface area contributed by atoms with Gasteiger partial charge >= 0.3 is 12.1 Å². The summed E-state index contributed by atoms with van der Waals surface area (Å²) in [5, 5.41) is 9.07. The maximum absolute atomic E-state index is 12.6. The lowest BCUT2D eigenvalue weighted by molar-refractivity contribution is -0.141. The number of carboxylic acid groups (broad SMARTS) is 1. The minimum absolute atomic E-state index is 0.0203. The molecule has 2 amide bonds. The number of nitrogens with zero attached hydrogens (tertiary/aromatic N) is 3. The fourth-order valence-corrected chi connectivity index (χ4v) is 3.96. The van der Waals surface area contributed by atoms with Crippen molar-refractivity contribution in [3.8, 4) is 0 Å². The third-order valence-corrected chi connectivity index (χ3v) is 5.55. The summed E-state index contributed by atoms with van der Waals surface area (Å²) in [7, 11) is 0. The second-order valence-electron chi connectivity index (χ2n) is 6.34. The monoisotopic (exact) mass is 391 g/mol. The molecule has 1 unspecified atom stereocenters. The van der Waals surface area contributed by atoms with E-state index < -0.39 is 29.0 Å². The van der Waals surface area contributed by atoms with Crippen LogP contribution in [0, 0.1) is 5.92 Å².